The Balaban J connectivity index is 3.55. The molecule has 0 saturated heterocycles. The molecule has 1 heteroatoms. The van der Waals surface area contributed by atoms with E-state index in [9.17, 15) is 4.79 Å². The molecule has 0 heterocycles. The first-order valence-electron chi connectivity index (χ1n) is 4.99. The number of allylic oxidation sites excluding steroid dienone is 2. The summed E-state index contributed by atoms with van der Waals surface area (Å²) in [5.41, 5.74) is 0.980. The van der Waals surface area contributed by atoms with Gasteiger partial charge in [0.25, 0.3) is 0 Å². The molecule has 0 amide bonds. The van der Waals surface area contributed by atoms with Crippen LogP contribution in [0, 0.1) is 0 Å². The third kappa shape index (κ3) is 6.14. The van der Waals surface area contributed by atoms with E-state index in [1.807, 2.05) is 0 Å². The number of carbonyl (C=O) groups excluding carboxylic acids is 1. The van der Waals surface area contributed by atoms with Crippen LogP contribution < -0.4 is 0 Å². The highest BCUT2D eigenvalue weighted by Crippen LogP contribution is 2.06. The fraction of sp³-hybridized carbons (Fsp3) is 0.727. The van der Waals surface area contributed by atoms with Gasteiger partial charge >= 0.3 is 0 Å². The zero-order valence-corrected chi connectivity index (χ0v) is 8.31. The van der Waals surface area contributed by atoms with Crippen molar-refractivity contribution in [1.29, 1.82) is 0 Å². The molecule has 0 aliphatic carbocycles. The zero-order chi connectivity index (χ0) is 9.23. The lowest BCUT2D eigenvalue weighted by molar-refractivity contribution is -0.105. The Morgan fingerprint density at radius 2 is 1.92 bits per heavy atom. The number of unbranched alkanes of at least 4 members (excludes halogenated alkanes) is 3. The lowest BCUT2D eigenvalue weighted by Gasteiger charge is -1.96. The Morgan fingerprint density at radius 3 is 2.42 bits per heavy atom. The maximum absolute atomic E-state index is 10.5. The van der Waals surface area contributed by atoms with Gasteiger partial charge in [-0.15, -0.1) is 0 Å². The van der Waals surface area contributed by atoms with Crippen molar-refractivity contribution >= 4 is 6.29 Å². The topological polar surface area (TPSA) is 17.1 Å². The third-order valence-electron chi connectivity index (χ3n) is 1.90. The van der Waals surface area contributed by atoms with Crippen molar-refractivity contribution in [3.8, 4) is 0 Å². The van der Waals surface area contributed by atoms with E-state index in [0.717, 1.165) is 31.1 Å². The predicted octanol–water partition coefficient (Wildman–Crippen LogP) is 3.49. The average Bonchev–Trinajstić information content (AvgIpc) is 2.10. The normalized spacial score (nSPS) is 11.7. The molecule has 12 heavy (non-hydrogen) atoms. The van der Waals surface area contributed by atoms with Crippen molar-refractivity contribution in [2.75, 3.05) is 0 Å². The SMILES string of the molecule is CCCCCC=C(C=O)CCC. The van der Waals surface area contributed by atoms with Gasteiger partial charge < -0.3 is 0 Å². The Morgan fingerprint density at radius 1 is 1.17 bits per heavy atom. The molecule has 0 aromatic carbocycles. The Kier molecular flexibility index (Phi) is 8.09. The number of carbonyl (C=O) groups is 1. The molecule has 0 aromatic rings. The molecule has 0 radical (unpaired) electrons. The van der Waals surface area contributed by atoms with Gasteiger partial charge in [-0.25, -0.2) is 0 Å². The molecule has 1 nitrogen and oxygen atoms in total. The molecule has 0 bridgehead atoms. The van der Waals surface area contributed by atoms with Crippen molar-refractivity contribution in [2.24, 2.45) is 0 Å². The van der Waals surface area contributed by atoms with Crippen LogP contribution in [-0.4, -0.2) is 6.29 Å². The largest absolute Gasteiger partial charge is 0.298 e. The maximum Gasteiger partial charge on any atom is 0.145 e. The van der Waals surface area contributed by atoms with E-state index < -0.39 is 0 Å². The van der Waals surface area contributed by atoms with Gasteiger partial charge in [0.2, 0.25) is 0 Å². The van der Waals surface area contributed by atoms with Crippen molar-refractivity contribution in [2.45, 2.75) is 52.4 Å². The van der Waals surface area contributed by atoms with E-state index in [4.69, 9.17) is 0 Å². The first kappa shape index (κ1) is 11.4. The van der Waals surface area contributed by atoms with E-state index in [1.54, 1.807) is 0 Å². The highest BCUT2D eigenvalue weighted by atomic mass is 16.1. The molecular formula is C11H20O. The van der Waals surface area contributed by atoms with Crippen LogP contribution in [0.1, 0.15) is 52.4 Å². The molecule has 0 saturated carbocycles. The van der Waals surface area contributed by atoms with Gasteiger partial charge in [-0.05, 0) is 24.8 Å². The average molecular weight is 168 g/mol. The molecule has 0 atom stereocenters. The monoisotopic (exact) mass is 168 g/mol. The summed E-state index contributed by atoms with van der Waals surface area (Å²) in [6, 6.07) is 0. The molecule has 70 valence electrons. The first-order chi connectivity index (χ1) is 5.85. The third-order valence-corrected chi connectivity index (χ3v) is 1.90. The fourth-order valence-corrected chi connectivity index (χ4v) is 1.18. The highest BCUT2D eigenvalue weighted by Gasteiger charge is 1.92. The second kappa shape index (κ2) is 8.51. The van der Waals surface area contributed by atoms with Crippen molar-refractivity contribution < 1.29 is 4.79 Å². The summed E-state index contributed by atoms with van der Waals surface area (Å²) < 4.78 is 0. The van der Waals surface area contributed by atoms with Crippen LogP contribution in [0.4, 0.5) is 0 Å². The van der Waals surface area contributed by atoms with E-state index >= 15 is 0 Å². The second-order valence-electron chi connectivity index (χ2n) is 3.14. The second-order valence-corrected chi connectivity index (χ2v) is 3.14. The standard InChI is InChI=1S/C11H20O/c1-3-5-6-7-9-11(10-12)8-4-2/h9-10H,3-8H2,1-2H3. The molecule has 0 unspecified atom stereocenters. The summed E-state index contributed by atoms with van der Waals surface area (Å²) in [7, 11) is 0. The first-order valence-corrected chi connectivity index (χ1v) is 4.99. The van der Waals surface area contributed by atoms with E-state index in [-0.39, 0.29) is 0 Å². The molecule has 0 rings (SSSR count). The van der Waals surface area contributed by atoms with Gasteiger partial charge in [0.05, 0.1) is 0 Å². The number of hydrogen-bond acceptors (Lipinski definition) is 1. The van der Waals surface area contributed by atoms with Crippen LogP contribution in [0.3, 0.4) is 0 Å². The minimum atomic E-state index is 0.940. The predicted molar refractivity (Wildman–Crippen MR) is 53.2 cm³/mol. The molecule has 0 fully saturated rings. The Labute approximate surface area is 75.9 Å². The van der Waals surface area contributed by atoms with Crippen molar-refractivity contribution in [1.82, 2.24) is 0 Å². The Bertz CT molecular complexity index is 136. The Hall–Kier alpha value is -0.590. The molecule has 0 aliphatic heterocycles. The van der Waals surface area contributed by atoms with Gasteiger partial charge in [-0.3, -0.25) is 4.79 Å². The zero-order valence-electron chi connectivity index (χ0n) is 8.31. The molecule has 0 aliphatic rings. The van der Waals surface area contributed by atoms with Gasteiger partial charge in [0.15, 0.2) is 0 Å². The molecule has 0 N–H and O–H groups in total. The summed E-state index contributed by atoms with van der Waals surface area (Å²) in [5.74, 6) is 0. The smallest absolute Gasteiger partial charge is 0.145 e. The number of hydrogen-bond donors (Lipinski definition) is 0. The number of rotatable bonds is 7. The van der Waals surface area contributed by atoms with Gasteiger partial charge in [0, 0.05) is 0 Å². The van der Waals surface area contributed by atoms with Crippen LogP contribution in [0.5, 0.6) is 0 Å². The molecular weight excluding hydrogens is 148 g/mol. The summed E-state index contributed by atoms with van der Waals surface area (Å²) in [6.45, 7) is 4.29. The van der Waals surface area contributed by atoms with Gasteiger partial charge in [0.1, 0.15) is 6.29 Å². The highest BCUT2D eigenvalue weighted by molar-refractivity contribution is 5.72. The van der Waals surface area contributed by atoms with E-state index in [1.165, 1.54) is 19.3 Å². The van der Waals surface area contributed by atoms with Crippen LogP contribution in [0.2, 0.25) is 0 Å². The molecule has 0 aromatic heterocycles. The summed E-state index contributed by atoms with van der Waals surface area (Å²) in [6.07, 6.45) is 9.90. The van der Waals surface area contributed by atoms with Crippen LogP contribution >= 0.6 is 0 Å². The quantitative estimate of drug-likeness (QED) is 0.323. The van der Waals surface area contributed by atoms with Crippen LogP contribution in [0.25, 0.3) is 0 Å². The van der Waals surface area contributed by atoms with Crippen LogP contribution in [-0.2, 0) is 4.79 Å². The van der Waals surface area contributed by atoms with Crippen LogP contribution in [0.15, 0.2) is 11.6 Å². The lowest BCUT2D eigenvalue weighted by atomic mass is 10.1. The summed E-state index contributed by atoms with van der Waals surface area (Å²) in [5, 5.41) is 0. The minimum absolute atomic E-state index is 0.940. The van der Waals surface area contributed by atoms with Gasteiger partial charge in [-0.1, -0.05) is 39.2 Å². The van der Waals surface area contributed by atoms with Gasteiger partial charge in [-0.2, -0.15) is 0 Å². The minimum Gasteiger partial charge on any atom is -0.298 e. The lowest BCUT2D eigenvalue weighted by Crippen LogP contribution is -1.84. The summed E-state index contributed by atoms with van der Waals surface area (Å²) >= 11 is 0. The van der Waals surface area contributed by atoms with Crippen molar-refractivity contribution in [3.63, 3.8) is 0 Å². The maximum atomic E-state index is 10.5. The molecule has 0 spiro atoms. The fourth-order valence-electron chi connectivity index (χ4n) is 1.18. The number of aldehydes is 1. The van der Waals surface area contributed by atoms with E-state index in [0.29, 0.717) is 0 Å². The van der Waals surface area contributed by atoms with Crippen molar-refractivity contribution in [3.05, 3.63) is 11.6 Å². The summed E-state index contributed by atoms with van der Waals surface area (Å²) in [4.78, 5) is 10.5. The van der Waals surface area contributed by atoms with E-state index in [2.05, 4.69) is 19.9 Å².